The second-order valence-electron chi connectivity index (χ2n) is 8.93. The summed E-state index contributed by atoms with van der Waals surface area (Å²) in [5.74, 6) is 3.58. The molecule has 0 aliphatic carbocycles. The molecule has 10 heteroatoms. The van der Waals surface area contributed by atoms with Crippen molar-refractivity contribution >= 4 is 12.0 Å². The van der Waals surface area contributed by atoms with Gasteiger partial charge in [-0.2, -0.15) is 0 Å². The third-order valence-electron chi connectivity index (χ3n) is 6.70. The van der Waals surface area contributed by atoms with Gasteiger partial charge in [0, 0.05) is 35.8 Å². The van der Waals surface area contributed by atoms with Crippen LogP contribution in [0, 0.1) is 0 Å². The molecule has 1 aliphatic heterocycles. The van der Waals surface area contributed by atoms with Gasteiger partial charge in [-0.1, -0.05) is 6.07 Å². The summed E-state index contributed by atoms with van der Waals surface area (Å²) >= 11 is 0. The molecule has 2 atom stereocenters. The number of carbonyl (C=O) groups is 1. The monoisotopic (exact) mass is 566 g/mol. The van der Waals surface area contributed by atoms with Crippen molar-refractivity contribution in [1.82, 2.24) is 0 Å². The third kappa shape index (κ3) is 6.21. The van der Waals surface area contributed by atoms with Crippen LogP contribution in [-0.2, 0) is 16.0 Å². The molecule has 4 rings (SSSR count). The molecule has 0 N–H and O–H groups in total. The summed E-state index contributed by atoms with van der Waals surface area (Å²) in [7, 11) is 10.8. The molecule has 0 fully saturated rings. The molecule has 3 aromatic carbocycles. The van der Waals surface area contributed by atoms with Gasteiger partial charge in [-0.25, -0.2) is 4.79 Å². The van der Waals surface area contributed by atoms with Gasteiger partial charge in [0.2, 0.25) is 5.75 Å². The zero-order chi connectivity index (χ0) is 29.5. The average molecular weight is 567 g/mol. The molecule has 218 valence electrons. The minimum absolute atomic E-state index is 0.319. The number of esters is 1. The van der Waals surface area contributed by atoms with E-state index in [1.807, 2.05) is 6.07 Å². The van der Waals surface area contributed by atoms with E-state index in [1.54, 1.807) is 70.9 Å². The van der Waals surface area contributed by atoms with Gasteiger partial charge >= 0.3 is 5.97 Å². The maximum absolute atomic E-state index is 13.1. The van der Waals surface area contributed by atoms with Crippen molar-refractivity contribution < 1.29 is 47.4 Å². The van der Waals surface area contributed by atoms with Crippen LogP contribution in [0.2, 0.25) is 0 Å². The van der Waals surface area contributed by atoms with E-state index in [0.717, 1.165) is 11.1 Å². The molecule has 0 radical (unpaired) electrons. The number of carbonyl (C=O) groups excluding carboxylic acids is 1. The Hall–Kier alpha value is -4.73. The standard InChI is InChI=1S/C31H34O10/c1-33-20-15-23(35-3)21-17-28(40-29(32)11-9-18-8-10-22(34-2)25(12-18)36-4)30(41-24(21)16-20)19-13-26(37-5)31(39-7)27(14-19)38-6/h8-16,28,30H,17H2,1-7H3. The molecule has 0 amide bonds. The fraction of sp³-hybridized carbons (Fsp3) is 0.323. The van der Waals surface area contributed by atoms with Crippen LogP contribution < -0.4 is 37.9 Å². The Morgan fingerprint density at radius 3 is 1.98 bits per heavy atom. The van der Waals surface area contributed by atoms with Gasteiger partial charge in [0.15, 0.2) is 29.1 Å². The minimum atomic E-state index is -0.727. The molecule has 10 nitrogen and oxygen atoms in total. The van der Waals surface area contributed by atoms with E-state index in [0.29, 0.717) is 58.0 Å². The lowest BCUT2D eigenvalue weighted by atomic mass is 9.93. The maximum atomic E-state index is 13.1. The highest BCUT2D eigenvalue weighted by molar-refractivity contribution is 5.87. The molecular weight excluding hydrogens is 532 g/mol. The molecule has 0 bridgehead atoms. The van der Waals surface area contributed by atoms with E-state index in [4.69, 9.17) is 42.6 Å². The number of rotatable bonds is 11. The number of fused-ring (bicyclic) bond motifs is 1. The van der Waals surface area contributed by atoms with Crippen LogP contribution in [0.15, 0.2) is 48.5 Å². The van der Waals surface area contributed by atoms with Gasteiger partial charge in [-0.3, -0.25) is 0 Å². The molecule has 1 aliphatic rings. The van der Waals surface area contributed by atoms with Crippen molar-refractivity contribution in [2.24, 2.45) is 0 Å². The van der Waals surface area contributed by atoms with Crippen LogP contribution in [0.4, 0.5) is 0 Å². The molecule has 1 heterocycles. The average Bonchev–Trinajstić information content (AvgIpc) is 3.01. The molecule has 0 saturated heterocycles. The topological polar surface area (TPSA) is 100 Å². The number of hydrogen-bond donors (Lipinski definition) is 0. The van der Waals surface area contributed by atoms with E-state index in [1.165, 1.54) is 27.4 Å². The fourth-order valence-electron chi connectivity index (χ4n) is 4.68. The Morgan fingerprint density at radius 1 is 0.732 bits per heavy atom. The van der Waals surface area contributed by atoms with Gasteiger partial charge in [-0.05, 0) is 35.9 Å². The Bertz CT molecular complexity index is 1390. The van der Waals surface area contributed by atoms with Gasteiger partial charge in [0.05, 0.1) is 49.8 Å². The normalized spacial score (nSPS) is 15.8. The second-order valence-corrected chi connectivity index (χ2v) is 8.93. The van der Waals surface area contributed by atoms with Crippen LogP contribution >= 0.6 is 0 Å². The van der Waals surface area contributed by atoms with Crippen LogP contribution in [0.3, 0.4) is 0 Å². The van der Waals surface area contributed by atoms with Gasteiger partial charge in [0.1, 0.15) is 23.4 Å². The fourth-order valence-corrected chi connectivity index (χ4v) is 4.68. The zero-order valence-corrected chi connectivity index (χ0v) is 24.1. The Kier molecular flexibility index (Phi) is 9.34. The second kappa shape index (κ2) is 13.1. The Morgan fingerprint density at radius 2 is 1.39 bits per heavy atom. The van der Waals surface area contributed by atoms with Crippen molar-refractivity contribution in [3.05, 3.63) is 65.2 Å². The summed E-state index contributed by atoms with van der Waals surface area (Å²) in [6.45, 7) is 0. The van der Waals surface area contributed by atoms with Crippen LogP contribution in [0.25, 0.3) is 6.08 Å². The first kappa shape index (κ1) is 29.3. The minimum Gasteiger partial charge on any atom is -0.496 e. The first-order valence-electron chi connectivity index (χ1n) is 12.7. The molecular formula is C31H34O10. The van der Waals surface area contributed by atoms with E-state index in [2.05, 4.69) is 0 Å². The highest BCUT2D eigenvalue weighted by atomic mass is 16.6. The van der Waals surface area contributed by atoms with Crippen molar-refractivity contribution in [2.75, 3.05) is 49.8 Å². The molecule has 2 unspecified atom stereocenters. The summed E-state index contributed by atoms with van der Waals surface area (Å²) in [5, 5.41) is 0. The smallest absolute Gasteiger partial charge is 0.331 e. The molecule has 41 heavy (non-hydrogen) atoms. The molecule has 0 saturated carbocycles. The van der Waals surface area contributed by atoms with E-state index in [-0.39, 0.29) is 0 Å². The lowest BCUT2D eigenvalue weighted by Crippen LogP contribution is -2.34. The van der Waals surface area contributed by atoms with Crippen LogP contribution in [0.5, 0.6) is 46.0 Å². The summed E-state index contributed by atoms with van der Waals surface area (Å²) < 4.78 is 50.7. The summed E-state index contributed by atoms with van der Waals surface area (Å²) in [4.78, 5) is 13.1. The van der Waals surface area contributed by atoms with Crippen LogP contribution in [0.1, 0.15) is 22.8 Å². The quantitative estimate of drug-likeness (QED) is 0.232. The first-order valence-corrected chi connectivity index (χ1v) is 12.7. The SMILES string of the molecule is COc1cc(OC)c2c(c1)OC(c1cc(OC)c(OC)c(OC)c1)C(OC(=O)C=Cc1ccc(OC)c(OC)c1)C2. The summed E-state index contributed by atoms with van der Waals surface area (Å²) in [5.41, 5.74) is 2.15. The maximum Gasteiger partial charge on any atom is 0.331 e. The van der Waals surface area contributed by atoms with Crippen molar-refractivity contribution in [2.45, 2.75) is 18.6 Å². The lowest BCUT2D eigenvalue weighted by Gasteiger charge is -2.34. The van der Waals surface area contributed by atoms with Gasteiger partial charge in [-0.15, -0.1) is 0 Å². The van der Waals surface area contributed by atoms with Crippen molar-refractivity contribution in [3.8, 4) is 46.0 Å². The third-order valence-corrected chi connectivity index (χ3v) is 6.70. The van der Waals surface area contributed by atoms with Gasteiger partial charge in [0.25, 0.3) is 0 Å². The summed E-state index contributed by atoms with van der Waals surface area (Å²) in [6.07, 6.45) is 1.87. The Labute approximate surface area is 239 Å². The largest absolute Gasteiger partial charge is 0.496 e. The number of ether oxygens (including phenoxy) is 9. The van der Waals surface area contributed by atoms with E-state index >= 15 is 0 Å². The Balaban J connectivity index is 1.70. The van der Waals surface area contributed by atoms with Crippen molar-refractivity contribution in [1.29, 1.82) is 0 Å². The van der Waals surface area contributed by atoms with Gasteiger partial charge < -0.3 is 42.6 Å². The highest BCUT2D eigenvalue weighted by Gasteiger charge is 2.37. The molecule has 0 spiro atoms. The van der Waals surface area contributed by atoms with Crippen molar-refractivity contribution in [3.63, 3.8) is 0 Å². The van der Waals surface area contributed by atoms with E-state index in [9.17, 15) is 4.79 Å². The number of hydrogen-bond acceptors (Lipinski definition) is 10. The highest BCUT2D eigenvalue weighted by Crippen LogP contribution is 2.46. The summed E-state index contributed by atoms with van der Waals surface area (Å²) in [6, 6.07) is 12.4. The predicted molar refractivity (Wildman–Crippen MR) is 151 cm³/mol. The number of methoxy groups -OCH3 is 7. The zero-order valence-electron chi connectivity index (χ0n) is 24.1. The van der Waals surface area contributed by atoms with Crippen LogP contribution in [-0.4, -0.2) is 61.8 Å². The molecule has 3 aromatic rings. The number of benzene rings is 3. The first-order chi connectivity index (χ1) is 19.9. The predicted octanol–water partition coefficient (Wildman–Crippen LogP) is 5.05. The lowest BCUT2D eigenvalue weighted by molar-refractivity contribution is -0.149. The molecule has 0 aromatic heterocycles. The van der Waals surface area contributed by atoms with E-state index < -0.39 is 18.2 Å².